The van der Waals surface area contributed by atoms with Crippen LogP contribution in [0.1, 0.15) is 232 Å². The van der Waals surface area contributed by atoms with Gasteiger partial charge in [0.2, 0.25) is 5.91 Å². The van der Waals surface area contributed by atoms with Crippen molar-refractivity contribution in [1.82, 2.24) is 5.32 Å². The second-order valence-electron chi connectivity index (χ2n) is 21.7. The van der Waals surface area contributed by atoms with Gasteiger partial charge in [0.1, 0.15) is 13.2 Å². The number of carbonyl (C=O) groups excluding carboxylic acids is 1. The highest BCUT2D eigenvalue weighted by atomic mass is 31.2. The number of nitrogens with zero attached hydrogens (tertiary/aromatic N) is 1. The summed E-state index contributed by atoms with van der Waals surface area (Å²) in [6.45, 7) is 4.47. The number of hydrogen-bond acceptors (Lipinski definition) is 6. The second kappa shape index (κ2) is 58.0. The summed E-state index contributed by atoms with van der Waals surface area (Å²) >= 11 is 0. The Kier molecular flexibility index (Phi) is 55.4. The first-order valence-corrected chi connectivity index (χ1v) is 32.7. The van der Waals surface area contributed by atoms with Crippen molar-refractivity contribution < 1.29 is 32.9 Å². The zero-order chi connectivity index (χ0) is 57.0. The van der Waals surface area contributed by atoms with Crippen molar-refractivity contribution in [3.8, 4) is 0 Å². The van der Waals surface area contributed by atoms with Crippen LogP contribution in [0.3, 0.4) is 0 Å². The molecule has 0 saturated carbocycles. The van der Waals surface area contributed by atoms with Crippen LogP contribution in [0.5, 0.6) is 0 Å². The first-order chi connectivity index (χ1) is 38.0. The van der Waals surface area contributed by atoms with Gasteiger partial charge in [-0.25, -0.2) is 0 Å². The lowest BCUT2D eigenvalue weighted by molar-refractivity contribution is -0.870. The van der Waals surface area contributed by atoms with E-state index in [-0.39, 0.29) is 12.5 Å². The minimum Gasteiger partial charge on any atom is -0.756 e. The molecule has 0 bridgehead atoms. The van der Waals surface area contributed by atoms with Gasteiger partial charge in [0.15, 0.2) is 0 Å². The molecule has 3 atom stereocenters. The van der Waals surface area contributed by atoms with E-state index in [2.05, 4.69) is 153 Å². The van der Waals surface area contributed by atoms with Crippen molar-refractivity contribution >= 4 is 13.7 Å². The van der Waals surface area contributed by atoms with E-state index in [1.165, 1.54) is 103 Å². The number of amides is 1. The van der Waals surface area contributed by atoms with Crippen molar-refractivity contribution in [1.29, 1.82) is 0 Å². The maximum Gasteiger partial charge on any atom is 0.268 e. The lowest BCUT2D eigenvalue weighted by Gasteiger charge is -2.29. The molecule has 3 unspecified atom stereocenters. The first-order valence-electron chi connectivity index (χ1n) is 31.2. The Morgan fingerprint density at radius 3 is 1.19 bits per heavy atom. The Hall–Kier alpha value is -3.62. The lowest BCUT2D eigenvalue weighted by atomic mass is 10.0. The third-order valence-corrected chi connectivity index (χ3v) is 14.0. The molecule has 8 nitrogen and oxygen atoms in total. The molecular weight excluding hydrogens is 984 g/mol. The maximum atomic E-state index is 13.0. The van der Waals surface area contributed by atoms with Crippen molar-refractivity contribution in [2.45, 2.75) is 244 Å². The summed E-state index contributed by atoms with van der Waals surface area (Å²) in [7, 11) is 1.22. The number of phosphoric acid groups is 1. The summed E-state index contributed by atoms with van der Waals surface area (Å²) in [5.41, 5.74) is 0. The largest absolute Gasteiger partial charge is 0.756 e. The normalized spacial score (nSPS) is 14.8. The molecule has 2 N–H and O–H groups in total. The number of unbranched alkanes of at least 4 members (excludes halogenated alkanes) is 20. The number of quaternary nitrogens is 1. The molecule has 0 aliphatic carbocycles. The summed E-state index contributed by atoms with van der Waals surface area (Å²) in [6.07, 6.45) is 89.5. The number of phosphoric ester groups is 1. The van der Waals surface area contributed by atoms with Crippen LogP contribution < -0.4 is 10.2 Å². The predicted molar refractivity (Wildman–Crippen MR) is 338 cm³/mol. The number of nitrogens with one attached hydrogen (secondary N) is 1. The highest BCUT2D eigenvalue weighted by Crippen LogP contribution is 2.38. The summed E-state index contributed by atoms with van der Waals surface area (Å²) < 4.78 is 23.3. The van der Waals surface area contributed by atoms with Gasteiger partial charge in [-0.05, 0) is 116 Å². The molecular formula is C69H117N2O6P. The monoisotopic (exact) mass is 1100 g/mol. The van der Waals surface area contributed by atoms with Crippen molar-refractivity contribution in [2.24, 2.45) is 0 Å². The van der Waals surface area contributed by atoms with E-state index in [9.17, 15) is 19.4 Å². The van der Waals surface area contributed by atoms with E-state index in [4.69, 9.17) is 9.05 Å². The van der Waals surface area contributed by atoms with Crippen LogP contribution in [0, 0.1) is 0 Å². The van der Waals surface area contributed by atoms with E-state index in [0.29, 0.717) is 17.4 Å². The predicted octanol–water partition coefficient (Wildman–Crippen LogP) is 19.0. The number of allylic oxidation sites excluding steroid dienone is 23. The van der Waals surface area contributed by atoms with Crippen molar-refractivity contribution in [3.63, 3.8) is 0 Å². The first kappa shape index (κ1) is 74.4. The summed E-state index contributed by atoms with van der Waals surface area (Å²) in [6, 6.07) is -0.919. The fourth-order valence-corrected chi connectivity index (χ4v) is 8.90. The molecule has 0 fully saturated rings. The minimum atomic E-state index is -4.62. The quantitative estimate of drug-likeness (QED) is 0.0272. The van der Waals surface area contributed by atoms with Gasteiger partial charge in [-0.3, -0.25) is 9.36 Å². The molecule has 9 heteroatoms. The molecule has 0 aromatic heterocycles. The molecule has 0 heterocycles. The Morgan fingerprint density at radius 2 is 0.795 bits per heavy atom. The number of rotatable bonds is 55. The smallest absolute Gasteiger partial charge is 0.268 e. The van der Waals surface area contributed by atoms with Gasteiger partial charge >= 0.3 is 0 Å². The number of carbonyl (C=O) groups is 1. The van der Waals surface area contributed by atoms with Gasteiger partial charge in [0.25, 0.3) is 7.82 Å². The Bertz CT molecular complexity index is 1780. The Labute approximate surface area is 480 Å². The molecule has 0 aromatic carbocycles. The number of aliphatic hydroxyl groups is 1. The summed E-state index contributed by atoms with van der Waals surface area (Å²) in [4.78, 5) is 25.5. The topological polar surface area (TPSA) is 108 Å². The SMILES string of the molecule is CC/C=C\C/C=C\C/C=C\C/C=C\C/C=C\C/C=C\C/C=C\C/C=C\C/C=C\CCCCCCCCCCCCCCCC(=O)NC(COP(=O)([O-])OCC[N+](C)(C)C)C(O)/C=C/CC/C=C/CC/C=C/CCCCCCC. The van der Waals surface area contributed by atoms with Crippen LogP contribution in [0.4, 0.5) is 0 Å². The summed E-state index contributed by atoms with van der Waals surface area (Å²) in [5, 5.41) is 13.8. The molecule has 0 aliphatic heterocycles. The molecule has 78 heavy (non-hydrogen) atoms. The van der Waals surface area contributed by atoms with Gasteiger partial charge < -0.3 is 28.8 Å². The molecule has 0 saturated heterocycles. The zero-order valence-electron chi connectivity index (χ0n) is 50.6. The third-order valence-electron chi connectivity index (χ3n) is 13.0. The molecule has 0 spiro atoms. The van der Waals surface area contributed by atoms with Crippen molar-refractivity contribution in [3.05, 3.63) is 146 Å². The molecule has 0 aromatic rings. The lowest BCUT2D eigenvalue weighted by Crippen LogP contribution is -2.45. The van der Waals surface area contributed by atoms with Gasteiger partial charge in [0, 0.05) is 6.42 Å². The van der Waals surface area contributed by atoms with Gasteiger partial charge in [-0.1, -0.05) is 256 Å². The average Bonchev–Trinajstić information content (AvgIpc) is 3.41. The van der Waals surface area contributed by atoms with Crippen LogP contribution in [0.2, 0.25) is 0 Å². The van der Waals surface area contributed by atoms with Gasteiger partial charge in [0.05, 0.1) is 39.9 Å². The molecule has 444 valence electrons. The zero-order valence-corrected chi connectivity index (χ0v) is 51.5. The van der Waals surface area contributed by atoms with E-state index >= 15 is 0 Å². The van der Waals surface area contributed by atoms with E-state index in [0.717, 1.165) is 109 Å². The summed E-state index contributed by atoms with van der Waals surface area (Å²) in [5.74, 6) is -0.219. The Balaban J connectivity index is 4.09. The number of hydrogen-bond donors (Lipinski definition) is 2. The molecule has 1 amide bonds. The van der Waals surface area contributed by atoms with Crippen LogP contribution in [-0.4, -0.2) is 68.5 Å². The van der Waals surface area contributed by atoms with Crippen molar-refractivity contribution in [2.75, 3.05) is 40.9 Å². The van der Waals surface area contributed by atoms with E-state index in [1.807, 2.05) is 27.2 Å². The van der Waals surface area contributed by atoms with Crippen LogP contribution in [0.15, 0.2) is 146 Å². The number of aliphatic hydroxyl groups excluding tert-OH is 1. The molecule has 0 rings (SSSR count). The van der Waals surface area contributed by atoms with Gasteiger partial charge in [-0.15, -0.1) is 0 Å². The third kappa shape index (κ3) is 60.0. The second-order valence-corrected chi connectivity index (χ2v) is 23.1. The fourth-order valence-electron chi connectivity index (χ4n) is 8.18. The molecule has 0 radical (unpaired) electrons. The van der Waals surface area contributed by atoms with Gasteiger partial charge in [-0.2, -0.15) is 0 Å². The molecule has 0 aliphatic rings. The number of likely N-dealkylation sites (N-methyl/N-ethyl adjacent to an activating group) is 1. The average molecular weight is 1100 g/mol. The van der Waals surface area contributed by atoms with Crippen LogP contribution in [0.25, 0.3) is 0 Å². The highest BCUT2D eigenvalue weighted by Gasteiger charge is 2.23. The highest BCUT2D eigenvalue weighted by molar-refractivity contribution is 7.45. The minimum absolute atomic E-state index is 0.0153. The van der Waals surface area contributed by atoms with Crippen LogP contribution in [-0.2, 0) is 18.4 Å². The van der Waals surface area contributed by atoms with E-state index in [1.54, 1.807) is 6.08 Å². The maximum absolute atomic E-state index is 13.0. The van der Waals surface area contributed by atoms with Crippen LogP contribution >= 0.6 is 7.82 Å². The fraction of sp³-hybridized carbons (Fsp3) is 0.638. The Morgan fingerprint density at radius 1 is 0.462 bits per heavy atom. The van der Waals surface area contributed by atoms with E-state index < -0.39 is 26.6 Å². The standard InChI is InChI=1S/C69H117N2O6P/c1-6-8-10-12-14-16-18-20-22-23-24-25-26-27-28-29-30-31-32-33-34-35-36-37-38-39-40-41-42-43-44-45-46-47-49-51-53-55-57-59-61-63-69(73)70-67(66-77-78(74,75)76-65-64-71(3,4)5)68(72)62-60-58-56-54-52-50-48-21-19-17-15-13-11-9-7-2/h8,10,14,16,19-22,24-25,27-28,30-31,33-34,36-37,39-40,52,54,60,62,67-68,72H,6-7,9,11-13,15,17-18,23,26,29,32,35,38,41-51,53,55-59,61,63-66H2,1-5H3,(H-,70,73,74,75)/b10-8-,16-14-,21-19+,22-20-,25-24-,28-27-,31-30-,34-33-,37-36-,40-39-,54-52+,62-60+.